The number of aryl methyl sites for hydroxylation is 1. The summed E-state index contributed by atoms with van der Waals surface area (Å²) >= 11 is 0. The van der Waals surface area contributed by atoms with Gasteiger partial charge in [-0.05, 0) is 50.6 Å². The Hall–Kier alpha value is -4.00. The van der Waals surface area contributed by atoms with Crippen molar-refractivity contribution in [1.29, 1.82) is 0 Å². The van der Waals surface area contributed by atoms with Gasteiger partial charge in [0.05, 0.1) is 16.7 Å². The highest BCUT2D eigenvalue weighted by molar-refractivity contribution is 6.04. The number of esters is 1. The molecule has 0 atom stereocenters. The van der Waals surface area contributed by atoms with Gasteiger partial charge in [-0.25, -0.2) is 0 Å². The normalized spacial score (nSPS) is 11.1. The van der Waals surface area contributed by atoms with Gasteiger partial charge in [0.1, 0.15) is 6.54 Å². The fourth-order valence-electron chi connectivity index (χ4n) is 4.20. The van der Waals surface area contributed by atoms with Crippen LogP contribution in [0.2, 0.25) is 0 Å². The van der Waals surface area contributed by atoms with Gasteiger partial charge in [0.15, 0.2) is 17.8 Å². The summed E-state index contributed by atoms with van der Waals surface area (Å²) in [5.74, 6) is -1.16. The van der Waals surface area contributed by atoms with Crippen molar-refractivity contribution in [3.05, 3.63) is 81.3 Å². The number of aromatic amines is 1. The molecule has 162 valence electrons. The number of rotatable bonds is 6. The topological polar surface area (TPSA) is 98.2 Å². The highest BCUT2D eigenvalue weighted by Gasteiger charge is 2.21. The molecule has 0 aliphatic heterocycles. The number of carbonyl (C=O) groups is 3. The Labute approximate surface area is 183 Å². The van der Waals surface area contributed by atoms with Gasteiger partial charge in [0.25, 0.3) is 0 Å². The summed E-state index contributed by atoms with van der Waals surface area (Å²) < 4.78 is 6.98. The molecule has 0 unspecified atom stereocenters. The average molecular weight is 430 g/mol. The Kier molecular flexibility index (Phi) is 5.48. The van der Waals surface area contributed by atoms with Gasteiger partial charge in [-0.3, -0.25) is 19.2 Å². The van der Waals surface area contributed by atoms with E-state index in [0.29, 0.717) is 38.6 Å². The molecule has 0 radical (unpaired) electrons. The summed E-state index contributed by atoms with van der Waals surface area (Å²) in [5, 5.41) is 1.01. The van der Waals surface area contributed by atoms with Crippen molar-refractivity contribution in [1.82, 2.24) is 9.55 Å². The van der Waals surface area contributed by atoms with Gasteiger partial charge in [-0.1, -0.05) is 24.3 Å². The first-order chi connectivity index (χ1) is 15.3. The number of H-pyrrole nitrogens is 1. The van der Waals surface area contributed by atoms with E-state index in [0.717, 1.165) is 0 Å². The van der Waals surface area contributed by atoms with Crippen LogP contribution in [0.5, 0.6) is 0 Å². The van der Waals surface area contributed by atoms with Crippen LogP contribution in [0.15, 0.2) is 53.3 Å². The Morgan fingerprint density at radius 2 is 1.50 bits per heavy atom. The monoisotopic (exact) mass is 430 g/mol. The minimum absolute atomic E-state index is 0.102. The van der Waals surface area contributed by atoms with Crippen molar-refractivity contribution in [3.8, 4) is 0 Å². The zero-order valence-electron chi connectivity index (χ0n) is 18.0. The lowest BCUT2D eigenvalue weighted by Crippen LogP contribution is -2.21. The zero-order valence-corrected chi connectivity index (χ0v) is 18.0. The number of ketones is 2. The van der Waals surface area contributed by atoms with Crippen molar-refractivity contribution < 1.29 is 19.1 Å². The lowest BCUT2D eigenvalue weighted by Gasteiger charge is -2.14. The van der Waals surface area contributed by atoms with Gasteiger partial charge >= 0.3 is 5.97 Å². The van der Waals surface area contributed by atoms with Crippen LogP contribution < -0.4 is 5.43 Å². The van der Waals surface area contributed by atoms with E-state index >= 15 is 0 Å². The van der Waals surface area contributed by atoms with E-state index in [-0.39, 0.29) is 23.5 Å². The van der Waals surface area contributed by atoms with E-state index in [1.54, 1.807) is 66.9 Å². The van der Waals surface area contributed by atoms with Crippen LogP contribution in [0, 0.1) is 13.8 Å². The number of nitrogens with zero attached hydrogens (tertiary/aromatic N) is 1. The summed E-state index contributed by atoms with van der Waals surface area (Å²) in [6.07, 6.45) is 0. The molecule has 32 heavy (non-hydrogen) atoms. The number of ether oxygens (including phenoxy) is 1. The Morgan fingerprint density at radius 3 is 2.03 bits per heavy atom. The molecule has 2 heterocycles. The molecule has 0 fully saturated rings. The first-order valence-corrected chi connectivity index (χ1v) is 10.2. The molecular formula is C25H22N2O5. The molecule has 0 saturated carbocycles. The molecule has 2 aromatic heterocycles. The van der Waals surface area contributed by atoms with Crippen LogP contribution in [-0.4, -0.2) is 33.7 Å². The number of benzene rings is 2. The van der Waals surface area contributed by atoms with Gasteiger partial charge in [0, 0.05) is 22.0 Å². The van der Waals surface area contributed by atoms with Gasteiger partial charge in [0.2, 0.25) is 5.78 Å². The molecule has 4 aromatic rings. The number of aromatic nitrogens is 2. The van der Waals surface area contributed by atoms with Gasteiger partial charge in [-0.2, -0.15) is 0 Å². The molecule has 4 rings (SSSR count). The van der Waals surface area contributed by atoms with E-state index < -0.39 is 18.4 Å². The zero-order chi connectivity index (χ0) is 23.0. The SMILES string of the molecule is CC(=O)c1c(C)[nH]c(C(=O)COC(=O)Cn2c3ccccc3c(=O)c3ccccc32)c1C. The fraction of sp³-hybridized carbons (Fsp3) is 0.200. The predicted octanol–water partition coefficient (Wildman–Crippen LogP) is 3.73. The third-order valence-electron chi connectivity index (χ3n) is 5.60. The first-order valence-electron chi connectivity index (χ1n) is 10.2. The van der Waals surface area contributed by atoms with Crippen LogP contribution in [0.3, 0.4) is 0 Å². The minimum atomic E-state index is -0.606. The van der Waals surface area contributed by atoms with Gasteiger partial charge in [-0.15, -0.1) is 0 Å². The maximum Gasteiger partial charge on any atom is 0.326 e. The standard InChI is InChI=1S/C25H22N2O5/c1-14-23(16(3)28)15(2)26-24(14)21(29)13-32-22(30)12-27-19-10-6-4-8-17(19)25(31)18-9-5-7-11-20(18)27/h4-11,26H,12-13H2,1-3H3. The fourth-order valence-corrected chi connectivity index (χ4v) is 4.20. The summed E-state index contributed by atoms with van der Waals surface area (Å²) in [6.45, 7) is 4.24. The Bertz CT molecular complexity index is 1400. The van der Waals surface area contributed by atoms with E-state index in [1.165, 1.54) is 6.92 Å². The van der Waals surface area contributed by atoms with E-state index in [2.05, 4.69) is 4.98 Å². The van der Waals surface area contributed by atoms with Crippen molar-refractivity contribution in [3.63, 3.8) is 0 Å². The molecule has 0 spiro atoms. The molecule has 0 saturated heterocycles. The van der Waals surface area contributed by atoms with E-state index in [9.17, 15) is 19.2 Å². The third-order valence-corrected chi connectivity index (χ3v) is 5.60. The lowest BCUT2D eigenvalue weighted by molar-refractivity contribution is -0.143. The second-order valence-electron chi connectivity index (χ2n) is 7.71. The number of para-hydroxylation sites is 2. The van der Waals surface area contributed by atoms with Crippen molar-refractivity contribution in [2.24, 2.45) is 0 Å². The number of fused-ring (bicyclic) bond motifs is 2. The summed E-state index contributed by atoms with van der Waals surface area (Å²) in [4.78, 5) is 52.8. The maximum atomic E-state index is 12.8. The molecule has 2 aromatic carbocycles. The number of carbonyl (C=O) groups excluding carboxylic acids is 3. The summed E-state index contributed by atoms with van der Waals surface area (Å²) in [5.41, 5.74) is 3.02. The lowest BCUT2D eigenvalue weighted by atomic mass is 10.1. The van der Waals surface area contributed by atoms with E-state index in [1.807, 2.05) is 0 Å². The first kappa shape index (κ1) is 21.2. The molecule has 7 heteroatoms. The summed E-state index contributed by atoms with van der Waals surface area (Å²) in [7, 11) is 0. The minimum Gasteiger partial charge on any atom is -0.456 e. The van der Waals surface area contributed by atoms with Crippen molar-refractivity contribution in [2.75, 3.05) is 6.61 Å². The summed E-state index contributed by atoms with van der Waals surface area (Å²) in [6, 6.07) is 14.1. The smallest absolute Gasteiger partial charge is 0.326 e. The molecule has 0 aliphatic carbocycles. The highest BCUT2D eigenvalue weighted by Crippen LogP contribution is 2.20. The Balaban J connectivity index is 1.60. The second kappa shape index (κ2) is 8.26. The molecule has 1 N–H and O–H groups in total. The number of Topliss-reactive ketones (excluding diaryl/α,β-unsaturated/α-hetero) is 2. The molecule has 0 aliphatic rings. The number of pyridine rings is 1. The largest absolute Gasteiger partial charge is 0.456 e. The van der Waals surface area contributed by atoms with Crippen molar-refractivity contribution in [2.45, 2.75) is 27.3 Å². The van der Waals surface area contributed by atoms with Crippen LogP contribution >= 0.6 is 0 Å². The average Bonchev–Trinajstić information content (AvgIpc) is 3.09. The Morgan fingerprint density at radius 1 is 0.938 bits per heavy atom. The number of nitrogens with one attached hydrogen (secondary N) is 1. The van der Waals surface area contributed by atoms with Crippen LogP contribution in [0.1, 0.15) is 39.0 Å². The molecule has 7 nitrogen and oxygen atoms in total. The predicted molar refractivity (Wildman–Crippen MR) is 121 cm³/mol. The quantitative estimate of drug-likeness (QED) is 0.286. The van der Waals surface area contributed by atoms with Crippen LogP contribution in [0.25, 0.3) is 21.8 Å². The van der Waals surface area contributed by atoms with Crippen LogP contribution in [0.4, 0.5) is 0 Å². The van der Waals surface area contributed by atoms with Crippen molar-refractivity contribution >= 4 is 39.3 Å². The third kappa shape index (κ3) is 3.62. The molecule has 0 bridgehead atoms. The highest BCUT2D eigenvalue weighted by atomic mass is 16.5. The maximum absolute atomic E-state index is 12.8. The van der Waals surface area contributed by atoms with Gasteiger partial charge < -0.3 is 14.3 Å². The number of hydrogen-bond donors (Lipinski definition) is 1. The molecule has 0 amide bonds. The molecular weight excluding hydrogens is 408 g/mol. The number of hydrogen-bond acceptors (Lipinski definition) is 5. The second-order valence-corrected chi connectivity index (χ2v) is 7.71. The van der Waals surface area contributed by atoms with Crippen LogP contribution in [-0.2, 0) is 16.1 Å². The van der Waals surface area contributed by atoms with E-state index in [4.69, 9.17) is 4.74 Å².